The number of hydrogen-bond acceptors (Lipinski definition) is 2. The molecule has 1 unspecified atom stereocenters. The lowest BCUT2D eigenvalue weighted by Crippen LogP contribution is -2.18. The summed E-state index contributed by atoms with van der Waals surface area (Å²) in [4.78, 5) is 0. The van der Waals surface area contributed by atoms with Crippen LogP contribution in [-0.4, -0.2) is 14.2 Å². The molecule has 0 saturated carbocycles. The van der Waals surface area contributed by atoms with Crippen molar-refractivity contribution in [2.75, 3.05) is 14.2 Å². The highest BCUT2D eigenvalue weighted by Crippen LogP contribution is 2.31. The first-order valence-corrected chi connectivity index (χ1v) is 7.44. The zero-order valence-corrected chi connectivity index (χ0v) is 13.9. The van der Waals surface area contributed by atoms with Gasteiger partial charge >= 0.3 is 0 Å². The summed E-state index contributed by atoms with van der Waals surface area (Å²) in [5.74, 6) is 0.851. The second kappa shape index (κ2) is 6.42. The Hall–Kier alpha value is -1.32. The van der Waals surface area contributed by atoms with Crippen LogP contribution in [0.3, 0.4) is 0 Å². The lowest BCUT2D eigenvalue weighted by molar-refractivity contribution is 0.412. The molecule has 0 bridgehead atoms. The van der Waals surface area contributed by atoms with Crippen LogP contribution in [0.15, 0.2) is 40.9 Å². The third-order valence-electron chi connectivity index (χ3n) is 3.53. The van der Waals surface area contributed by atoms with Crippen molar-refractivity contribution >= 4 is 15.9 Å². The summed E-state index contributed by atoms with van der Waals surface area (Å²) in [7, 11) is 3.67. The Bertz CT molecular complexity index is 610. The lowest BCUT2D eigenvalue weighted by atomic mass is 9.94. The van der Waals surface area contributed by atoms with Gasteiger partial charge in [-0.2, -0.15) is 0 Å². The lowest BCUT2D eigenvalue weighted by Gasteiger charge is -2.20. The molecular formula is C17H20BrNO. The van der Waals surface area contributed by atoms with Gasteiger partial charge in [0.1, 0.15) is 5.75 Å². The second-order valence-electron chi connectivity index (χ2n) is 4.98. The highest BCUT2D eigenvalue weighted by atomic mass is 79.9. The van der Waals surface area contributed by atoms with E-state index in [9.17, 15) is 0 Å². The normalized spacial score (nSPS) is 12.2. The fourth-order valence-corrected chi connectivity index (χ4v) is 3.07. The standard InChI is InChI=1S/C17H20BrNO/c1-11-5-7-14(12(2)9-11)17(19-3)13-6-8-16(20-4)15(18)10-13/h5-10,17,19H,1-4H3. The molecule has 0 amide bonds. The van der Waals surface area contributed by atoms with E-state index < -0.39 is 0 Å². The second-order valence-corrected chi connectivity index (χ2v) is 5.83. The average Bonchev–Trinajstić information content (AvgIpc) is 2.42. The van der Waals surface area contributed by atoms with Crippen molar-refractivity contribution < 1.29 is 4.74 Å². The van der Waals surface area contributed by atoms with Crippen molar-refractivity contribution in [2.45, 2.75) is 19.9 Å². The van der Waals surface area contributed by atoms with Gasteiger partial charge in [0.2, 0.25) is 0 Å². The summed E-state index contributed by atoms with van der Waals surface area (Å²) in [5, 5.41) is 3.40. The highest BCUT2D eigenvalue weighted by Gasteiger charge is 2.15. The van der Waals surface area contributed by atoms with E-state index in [1.807, 2.05) is 13.1 Å². The van der Waals surface area contributed by atoms with Crippen molar-refractivity contribution in [3.05, 3.63) is 63.1 Å². The molecule has 2 aromatic carbocycles. The van der Waals surface area contributed by atoms with Crippen LogP contribution in [0.5, 0.6) is 5.75 Å². The smallest absolute Gasteiger partial charge is 0.133 e. The minimum absolute atomic E-state index is 0.179. The van der Waals surface area contributed by atoms with E-state index in [4.69, 9.17) is 4.74 Å². The third-order valence-corrected chi connectivity index (χ3v) is 4.15. The molecule has 1 atom stereocenters. The van der Waals surface area contributed by atoms with E-state index in [0.717, 1.165) is 10.2 Å². The third kappa shape index (κ3) is 3.05. The number of benzene rings is 2. The van der Waals surface area contributed by atoms with Gasteiger partial charge in [-0.25, -0.2) is 0 Å². The molecule has 2 aromatic rings. The number of ether oxygens (including phenoxy) is 1. The Kier molecular flexibility index (Phi) is 4.84. The molecule has 0 aromatic heterocycles. The van der Waals surface area contributed by atoms with Gasteiger partial charge in [0.05, 0.1) is 17.6 Å². The Labute approximate surface area is 129 Å². The predicted octanol–water partition coefficient (Wildman–Crippen LogP) is 4.38. The van der Waals surface area contributed by atoms with E-state index in [1.54, 1.807) is 7.11 Å². The van der Waals surface area contributed by atoms with Crippen LogP contribution in [0.2, 0.25) is 0 Å². The van der Waals surface area contributed by atoms with Crippen LogP contribution in [0.25, 0.3) is 0 Å². The summed E-state index contributed by atoms with van der Waals surface area (Å²) in [6.07, 6.45) is 0. The van der Waals surface area contributed by atoms with E-state index in [2.05, 4.69) is 65.4 Å². The molecular weight excluding hydrogens is 314 g/mol. The fourth-order valence-electron chi connectivity index (χ4n) is 2.51. The van der Waals surface area contributed by atoms with Gasteiger partial charge in [0.15, 0.2) is 0 Å². The molecule has 20 heavy (non-hydrogen) atoms. The molecule has 0 heterocycles. The molecule has 3 heteroatoms. The maximum atomic E-state index is 5.29. The van der Waals surface area contributed by atoms with Crippen LogP contribution >= 0.6 is 15.9 Å². The van der Waals surface area contributed by atoms with Crippen molar-refractivity contribution in [1.29, 1.82) is 0 Å². The van der Waals surface area contributed by atoms with Crippen molar-refractivity contribution in [3.63, 3.8) is 0 Å². The Morgan fingerprint density at radius 1 is 1.10 bits per heavy atom. The van der Waals surface area contributed by atoms with Crippen molar-refractivity contribution in [1.82, 2.24) is 5.32 Å². The minimum atomic E-state index is 0.179. The summed E-state index contributed by atoms with van der Waals surface area (Å²) >= 11 is 3.55. The van der Waals surface area contributed by atoms with Crippen LogP contribution in [0.1, 0.15) is 28.3 Å². The molecule has 0 aliphatic rings. The van der Waals surface area contributed by atoms with Gasteiger partial charge < -0.3 is 10.1 Å². The van der Waals surface area contributed by atoms with Crippen molar-refractivity contribution in [2.24, 2.45) is 0 Å². The van der Waals surface area contributed by atoms with Crippen molar-refractivity contribution in [3.8, 4) is 5.75 Å². The molecule has 0 spiro atoms. The Morgan fingerprint density at radius 2 is 1.85 bits per heavy atom. The highest BCUT2D eigenvalue weighted by molar-refractivity contribution is 9.10. The van der Waals surface area contributed by atoms with E-state index in [-0.39, 0.29) is 6.04 Å². The molecule has 0 saturated heterocycles. The van der Waals surface area contributed by atoms with Gasteiger partial charge in [0.25, 0.3) is 0 Å². The molecule has 1 N–H and O–H groups in total. The van der Waals surface area contributed by atoms with E-state index >= 15 is 0 Å². The molecule has 0 radical (unpaired) electrons. The molecule has 106 valence electrons. The van der Waals surface area contributed by atoms with Crippen LogP contribution < -0.4 is 10.1 Å². The topological polar surface area (TPSA) is 21.3 Å². The number of methoxy groups -OCH3 is 1. The average molecular weight is 334 g/mol. The van der Waals surface area contributed by atoms with E-state index in [0.29, 0.717) is 0 Å². The van der Waals surface area contributed by atoms with Gasteiger partial charge in [-0.15, -0.1) is 0 Å². The summed E-state index contributed by atoms with van der Waals surface area (Å²) in [5.41, 5.74) is 5.11. The van der Waals surface area contributed by atoms with Crippen LogP contribution in [0, 0.1) is 13.8 Å². The van der Waals surface area contributed by atoms with Crippen LogP contribution in [0.4, 0.5) is 0 Å². The minimum Gasteiger partial charge on any atom is -0.496 e. The summed E-state index contributed by atoms with van der Waals surface area (Å²) in [6, 6.07) is 13.0. The SMILES string of the molecule is CNC(c1ccc(OC)c(Br)c1)c1ccc(C)cc1C. The summed E-state index contributed by atoms with van der Waals surface area (Å²) in [6.45, 7) is 4.28. The molecule has 0 fully saturated rings. The number of rotatable bonds is 4. The number of halogens is 1. The Morgan fingerprint density at radius 3 is 2.40 bits per heavy atom. The number of aryl methyl sites for hydroxylation is 2. The number of hydrogen-bond donors (Lipinski definition) is 1. The quantitative estimate of drug-likeness (QED) is 0.896. The van der Waals surface area contributed by atoms with Gasteiger partial charge in [-0.3, -0.25) is 0 Å². The van der Waals surface area contributed by atoms with Crippen LogP contribution in [-0.2, 0) is 0 Å². The first kappa shape index (κ1) is 15.1. The predicted molar refractivity (Wildman–Crippen MR) is 87.5 cm³/mol. The Balaban J connectivity index is 2.44. The zero-order valence-electron chi connectivity index (χ0n) is 12.3. The molecule has 0 aliphatic carbocycles. The first-order valence-electron chi connectivity index (χ1n) is 6.64. The fraction of sp³-hybridized carbons (Fsp3) is 0.294. The first-order chi connectivity index (χ1) is 9.56. The number of nitrogens with one attached hydrogen (secondary N) is 1. The van der Waals surface area contributed by atoms with Gasteiger partial charge in [-0.1, -0.05) is 29.8 Å². The maximum Gasteiger partial charge on any atom is 0.133 e. The van der Waals surface area contributed by atoms with Gasteiger partial charge in [-0.05, 0) is 65.6 Å². The maximum absolute atomic E-state index is 5.29. The van der Waals surface area contributed by atoms with Gasteiger partial charge in [0, 0.05) is 0 Å². The van der Waals surface area contributed by atoms with E-state index in [1.165, 1.54) is 22.3 Å². The summed E-state index contributed by atoms with van der Waals surface area (Å²) < 4.78 is 6.27. The molecule has 2 nitrogen and oxygen atoms in total. The monoisotopic (exact) mass is 333 g/mol. The molecule has 0 aliphatic heterocycles. The largest absolute Gasteiger partial charge is 0.496 e. The zero-order chi connectivity index (χ0) is 14.7. The molecule has 2 rings (SSSR count).